The van der Waals surface area contributed by atoms with Crippen LogP contribution in [0.4, 0.5) is 5.69 Å². The van der Waals surface area contributed by atoms with E-state index in [2.05, 4.69) is 31.3 Å². The van der Waals surface area contributed by atoms with Crippen LogP contribution in [0.15, 0.2) is 22.7 Å². The van der Waals surface area contributed by atoms with Crippen LogP contribution in [0.1, 0.15) is 12.5 Å². The van der Waals surface area contributed by atoms with E-state index < -0.39 is 12.0 Å². The normalized spacial score (nSPS) is 11.6. The molecular weight excluding hydrogens is 312 g/mol. The summed E-state index contributed by atoms with van der Waals surface area (Å²) >= 11 is 3.38. The molecule has 0 bridgehead atoms. The van der Waals surface area contributed by atoms with Crippen molar-refractivity contribution in [3.63, 3.8) is 0 Å². The van der Waals surface area contributed by atoms with Crippen molar-refractivity contribution in [2.45, 2.75) is 19.9 Å². The van der Waals surface area contributed by atoms with Gasteiger partial charge in [0.2, 0.25) is 5.91 Å². The minimum atomic E-state index is -0.708. The Balaban J connectivity index is 2.72. The molecule has 1 amide bonds. The summed E-state index contributed by atoms with van der Waals surface area (Å²) in [5, 5.41) is 5.68. The Morgan fingerprint density at radius 2 is 2.11 bits per heavy atom. The molecule has 1 aromatic carbocycles. The van der Waals surface area contributed by atoms with Gasteiger partial charge in [-0.25, -0.2) is 4.79 Å². The Bertz CT molecular complexity index is 477. The highest BCUT2D eigenvalue weighted by molar-refractivity contribution is 9.10. The van der Waals surface area contributed by atoms with Gasteiger partial charge in [0.25, 0.3) is 0 Å². The van der Waals surface area contributed by atoms with Gasteiger partial charge in [-0.1, -0.05) is 22.0 Å². The van der Waals surface area contributed by atoms with Gasteiger partial charge >= 0.3 is 5.97 Å². The van der Waals surface area contributed by atoms with Gasteiger partial charge in [0.1, 0.15) is 6.04 Å². The molecule has 0 saturated carbocycles. The molecule has 0 radical (unpaired) electrons. The third kappa shape index (κ3) is 4.90. The topological polar surface area (TPSA) is 67.4 Å². The van der Waals surface area contributed by atoms with Crippen molar-refractivity contribution in [1.29, 1.82) is 0 Å². The van der Waals surface area contributed by atoms with Crippen LogP contribution in [0.25, 0.3) is 0 Å². The van der Waals surface area contributed by atoms with Crippen LogP contribution in [0, 0.1) is 6.92 Å². The SMILES string of the molecule is COC(=O)C(CNc1cc(Br)ccc1C)NC(C)=O. The largest absolute Gasteiger partial charge is 0.467 e. The summed E-state index contributed by atoms with van der Waals surface area (Å²) in [6, 6.07) is 5.10. The second kappa shape index (κ2) is 7.13. The standard InChI is InChI=1S/C13H17BrN2O3/c1-8-4-5-10(14)6-11(8)15-7-12(13(18)19-3)16-9(2)17/h4-6,12,15H,7H2,1-3H3,(H,16,17). The minimum Gasteiger partial charge on any atom is -0.467 e. The highest BCUT2D eigenvalue weighted by atomic mass is 79.9. The number of carbonyl (C=O) groups is 2. The first-order valence-corrected chi connectivity index (χ1v) is 6.58. The van der Waals surface area contributed by atoms with E-state index in [-0.39, 0.29) is 12.5 Å². The number of hydrogen-bond donors (Lipinski definition) is 2. The Morgan fingerprint density at radius 1 is 1.42 bits per heavy atom. The molecule has 5 nitrogen and oxygen atoms in total. The first kappa shape index (κ1) is 15.5. The first-order valence-electron chi connectivity index (χ1n) is 5.79. The monoisotopic (exact) mass is 328 g/mol. The molecule has 1 atom stereocenters. The van der Waals surface area contributed by atoms with E-state index in [1.165, 1.54) is 14.0 Å². The quantitative estimate of drug-likeness (QED) is 0.809. The zero-order valence-electron chi connectivity index (χ0n) is 11.1. The Labute approximate surface area is 120 Å². The molecular formula is C13H17BrN2O3. The van der Waals surface area contributed by atoms with Crippen LogP contribution < -0.4 is 10.6 Å². The van der Waals surface area contributed by atoms with Crippen LogP contribution in [0.2, 0.25) is 0 Å². The summed E-state index contributed by atoms with van der Waals surface area (Å²) in [6.07, 6.45) is 0. The predicted octanol–water partition coefficient (Wildman–Crippen LogP) is 1.85. The third-order valence-electron chi connectivity index (χ3n) is 2.56. The fourth-order valence-corrected chi connectivity index (χ4v) is 1.94. The zero-order valence-corrected chi connectivity index (χ0v) is 12.7. The summed E-state index contributed by atoms with van der Waals surface area (Å²) in [5.41, 5.74) is 1.95. The highest BCUT2D eigenvalue weighted by Gasteiger charge is 2.19. The first-order chi connectivity index (χ1) is 8.93. The molecule has 1 rings (SSSR count). The number of aryl methyl sites for hydroxylation is 1. The zero-order chi connectivity index (χ0) is 14.4. The third-order valence-corrected chi connectivity index (χ3v) is 3.05. The average Bonchev–Trinajstić information content (AvgIpc) is 2.36. The second-order valence-electron chi connectivity index (χ2n) is 4.12. The lowest BCUT2D eigenvalue weighted by Gasteiger charge is -2.17. The van der Waals surface area contributed by atoms with Gasteiger partial charge in [0.15, 0.2) is 0 Å². The second-order valence-corrected chi connectivity index (χ2v) is 5.03. The maximum Gasteiger partial charge on any atom is 0.330 e. The van der Waals surface area contributed by atoms with Crippen LogP contribution >= 0.6 is 15.9 Å². The molecule has 0 heterocycles. The molecule has 2 N–H and O–H groups in total. The van der Waals surface area contributed by atoms with Crippen LogP contribution in [-0.2, 0) is 14.3 Å². The van der Waals surface area contributed by atoms with Gasteiger partial charge in [0.05, 0.1) is 7.11 Å². The Morgan fingerprint density at radius 3 is 2.68 bits per heavy atom. The maximum atomic E-state index is 11.5. The maximum absolute atomic E-state index is 11.5. The summed E-state index contributed by atoms with van der Waals surface area (Å²) in [6.45, 7) is 3.59. The molecule has 0 saturated heterocycles. The summed E-state index contributed by atoms with van der Waals surface area (Å²) < 4.78 is 5.59. The van der Waals surface area contributed by atoms with E-state index in [0.29, 0.717) is 0 Å². The summed E-state index contributed by atoms with van der Waals surface area (Å²) in [5.74, 6) is -0.751. The molecule has 104 valence electrons. The molecule has 1 unspecified atom stereocenters. The Hall–Kier alpha value is -1.56. The van der Waals surface area contributed by atoms with Crippen molar-refractivity contribution >= 4 is 33.5 Å². The van der Waals surface area contributed by atoms with Gasteiger partial charge in [-0.15, -0.1) is 0 Å². The molecule has 0 aliphatic carbocycles. The van der Waals surface area contributed by atoms with Gasteiger partial charge in [0, 0.05) is 23.6 Å². The van der Waals surface area contributed by atoms with Crippen molar-refractivity contribution in [3.8, 4) is 0 Å². The molecule has 1 aromatic rings. The van der Waals surface area contributed by atoms with Gasteiger partial charge in [-0.05, 0) is 24.6 Å². The van der Waals surface area contributed by atoms with Crippen molar-refractivity contribution in [1.82, 2.24) is 5.32 Å². The number of esters is 1. The van der Waals surface area contributed by atoms with Crippen molar-refractivity contribution in [2.24, 2.45) is 0 Å². The number of methoxy groups -OCH3 is 1. The highest BCUT2D eigenvalue weighted by Crippen LogP contribution is 2.20. The number of benzene rings is 1. The summed E-state index contributed by atoms with van der Waals surface area (Å²) in [7, 11) is 1.29. The molecule has 0 aliphatic rings. The number of carbonyl (C=O) groups excluding carboxylic acids is 2. The lowest BCUT2D eigenvalue weighted by Crippen LogP contribution is -2.45. The van der Waals surface area contributed by atoms with Crippen LogP contribution in [0.5, 0.6) is 0 Å². The molecule has 19 heavy (non-hydrogen) atoms. The van der Waals surface area contributed by atoms with Gasteiger partial charge < -0.3 is 15.4 Å². The lowest BCUT2D eigenvalue weighted by molar-refractivity contribution is -0.144. The number of amides is 1. The predicted molar refractivity (Wildman–Crippen MR) is 77.0 cm³/mol. The van der Waals surface area contributed by atoms with Crippen molar-refractivity contribution < 1.29 is 14.3 Å². The van der Waals surface area contributed by atoms with Crippen molar-refractivity contribution in [3.05, 3.63) is 28.2 Å². The Kier molecular flexibility index (Phi) is 5.82. The number of halogens is 1. The van der Waals surface area contributed by atoms with Crippen molar-refractivity contribution in [2.75, 3.05) is 19.0 Å². The van der Waals surface area contributed by atoms with E-state index in [4.69, 9.17) is 0 Å². The van der Waals surface area contributed by atoms with Crippen LogP contribution in [-0.4, -0.2) is 31.6 Å². The van der Waals surface area contributed by atoms with E-state index >= 15 is 0 Å². The van der Waals surface area contributed by atoms with E-state index in [0.717, 1.165) is 15.7 Å². The fourth-order valence-electron chi connectivity index (χ4n) is 1.58. The summed E-state index contributed by atoms with van der Waals surface area (Å²) in [4.78, 5) is 22.6. The fraction of sp³-hybridized carbons (Fsp3) is 0.385. The number of hydrogen-bond acceptors (Lipinski definition) is 4. The molecule has 0 aromatic heterocycles. The molecule has 6 heteroatoms. The van der Waals surface area contributed by atoms with E-state index in [1.807, 2.05) is 25.1 Å². The molecule has 0 spiro atoms. The van der Waals surface area contributed by atoms with Crippen LogP contribution in [0.3, 0.4) is 0 Å². The van der Waals surface area contributed by atoms with Gasteiger partial charge in [-0.2, -0.15) is 0 Å². The molecule has 0 aliphatic heterocycles. The average molecular weight is 329 g/mol. The lowest BCUT2D eigenvalue weighted by atomic mass is 10.2. The smallest absolute Gasteiger partial charge is 0.330 e. The number of rotatable bonds is 5. The number of anilines is 1. The minimum absolute atomic E-state index is 0.267. The number of ether oxygens (including phenoxy) is 1. The van der Waals surface area contributed by atoms with Gasteiger partial charge in [-0.3, -0.25) is 4.79 Å². The van der Waals surface area contributed by atoms with E-state index in [9.17, 15) is 9.59 Å². The van der Waals surface area contributed by atoms with E-state index in [1.54, 1.807) is 0 Å². The number of nitrogens with one attached hydrogen (secondary N) is 2. The molecule has 0 fully saturated rings.